The van der Waals surface area contributed by atoms with Crippen LogP contribution in [0.4, 0.5) is 0 Å². The molecule has 0 radical (unpaired) electrons. The molecular weight excluding hydrogens is 242 g/mol. The van der Waals surface area contributed by atoms with Gasteiger partial charge >= 0.3 is 0 Å². The van der Waals surface area contributed by atoms with Crippen molar-refractivity contribution >= 4 is 0 Å². The molecule has 1 atom stereocenters. The second-order valence-corrected chi connectivity index (χ2v) is 4.86. The molecule has 19 heavy (non-hydrogen) atoms. The molecule has 0 aliphatic carbocycles. The van der Waals surface area contributed by atoms with E-state index in [-0.39, 0.29) is 12.6 Å². The number of nitrogens with one attached hydrogen (secondary N) is 1. The first-order valence-electron chi connectivity index (χ1n) is 7.05. The molecule has 0 saturated carbocycles. The Morgan fingerprint density at radius 2 is 2.00 bits per heavy atom. The quantitative estimate of drug-likeness (QED) is 0.775. The normalized spacial score (nSPS) is 15.9. The van der Waals surface area contributed by atoms with E-state index in [1.54, 1.807) is 0 Å². The predicted octanol–water partition coefficient (Wildman–Crippen LogP) is 2.27. The van der Waals surface area contributed by atoms with Crippen LogP contribution in [0.3, 0.4) is 0 Å². The molecular formula is C15H23NO3. The summed E-state index contributed by atoms with van der Waals surface area (Å²) >= 11 is 0. The fourth-order valence-electron chi connectivity index (χ4n) is 2.12. The van der Waals surface area contributed by atoms with Gasteiger partial charge in [0.25, 0.3) is 0 Å². The monoisotopic (exact) mass is 265 g/mol. The van der Waals surface area contributed by atoms with Gasteiger partial charge in [-0.25, -0.2) is 0 Å². The minimum Gasteiger partial charge on any atom is -0.490 e. The van der Waals surface area contributed by atoms with Crippen LogP contribution in [0.5, 0.6) is 11.5 Å². The summed E-state index contributed by atoms with van der Waals surface area (Å²) in [5, 5.41) is 12.2. The third kappa shape index (κ3) is 4.11. The van der Waals surface area contributed by atoms with Gasteiger partial charge in [-0.15, -0.1) is 0 Å². The summed E-state index contributed by atoms with van der Waals surface area (Å²) in [5.41, 5.74) is 1.20. The van der Waals surface area contributed by atoms with Gasteiger partial charge in [-0.3, -0.25) is 0 Å². The zero-order chi connectivity index (χ0) is 13.5. The Labute approximate surface area is 114 Å². The summed E-state index contributed by atoms with van der Waals surface area (Å²) < 4.78 is 11.3. The van der Waals surface area contributed by atoms with Gasteiger partial charge in [0.2, 0.25) is 0 Å². The number of benzene rings is 1. The predicted molar refractivity (Wildman–Crippen MR) is 74.8 cm³/mol. The van der Waals surface area contributed by atoms with E-state index < -0.39 is 0 Å². The molecule has 1 aliphatic rings. The highest BCUT2D eigenvalue weighted by Gasteiger charge is 2.13. The van der Waals surface area contributed by atoms with Crippen LogP contribution in [0.2, 0.25) is 0 Å². The van der Waals surface area contributed by atoms with Gasteiger partial charge < -0.3 is 19.9 Å². The lowest BCUT2D eigenvalue weighted by molar-refractivity contribution is 0.283. The van der Waals surface area contributed by atoms with Crippen molar-refractivity contribution in [1.82, 2.24) is 5.32 Å². The number of hydrogen-bond acceptors (Lipinski definition) is 4. The van der Waals surface area contributed by atoms with Crippen LogP contribution in [0, 0.1) is 0 Å². The maximum absolute atomic E-state index is 8.75. The minimum absolute atomic E-state index is 0.264. The number of ether oxygens (including phenoxy) is 2. The number of hydrogen-bond donors (Lipinski definition) is 2. The zero-order valence-electron chi connectivity index (χ0n) is 11.5. The summed E-state index contributed by atoms with van der Waals surface area (Å²) in [6, 6.07) is 6.40. The number of rotatable bonds is 6. The van der Waals surface area contributed by atoms with E-state index in [1.165, 1.54) is 5.56 Å². The topological polar surface area (TPSA) is 50.7 Å². The van der Waals surface area contributed by atoms with E-state index in [9.17, 15) is 0 Å². The molecule has 4 nitrogen and oxygen atoms in total. The molecule has 0 bridgehead atoms. The van der Waals surface area contributed by atoms with Gasteiger partial charge in [0, 0.05) is 19.1 Å². The Bertz CT molecular complexity index is 395. The molecule has 1 heterocycles. The summed E-state index contributed by atoms with van der Waals surface area (Å²) in [7, 11) is 0. The average molecular weight is 265 g/mol. The Hall–Kier alpha value is -1.26. The Kier molecular flexibility index (Phi) is 5.48. The summed E-state index contributed by atoms with van der Waals surface area (Å²) in [6.07, 6.45) is 2.77. The maximum atomic E-state index is 8.75. The molecule has 1 aromatic rings. The first kappa shape index (κ1) is 14.2. The fourth-order valence-corrected chi connectivity index (χ4v) is 2.12. The Morgan fingerprint density at radius 3 is 2.79 bits per heavy atom. The highest BCUT2D eigenvalue weighted by atomic mass is 16.5. The van der Waals surface area contributed by atoms with Crippen molar-refractivity contribution in [3.05, 3.63) is 23.8 Å². The first-order valence-corrected chi connectivity index (χ1v) is 7.05. The lowest BCUT2D eigenvalue weighted by Crippen LogP contribution is -2.20. The number of aliphatic hydroxyl groups is 1. The second kappa shape index (κ2) is 7.36. The van der Waals surface area contributed by atoms with Crippen LogP contribution < -0.4 is 14.8 Å². The standard InChI is InChI=1S/C15H23NO3/c1-12(16-7-2-3-8-17)13-5-6-14-15(11-13)19-10-4-9-18-14/h5-6,11-12,16-17H,2-4,7-10H2,1H3. The third-order valence-corrected chi connectivity index (χ3v) is 3.31. The van der Waals surface area contributed by atoms with Crippen LogP contribution >= 0.6 is 0 Å². The molecule has 0 fully saturated rings. The van der Waals surface area contributed by atoms with Gasteiger partial charge in [-0.05, 0) is 44.0 Å². The molecule has 2 rings (SSSR count). The second-order valence-electron chi connectivity index (χ2n) is 4.86. The van der Waals surface area contributed by atoms with Gasteiger partial charge in [-0.1, -0.05) is 6.07 Å². The molecule has 0 spiro atoms. The Balaban J connectivity index is 1.94. The van der Waals surface area contributed by atoms with Crippen molar-refractivity contribution in [1.29, 1.82) is 0 Å². The van der Waals surface area contributed by atoms with Crippen molar-refractivity contribution in [3.8, 4) is 11.5 Å². The first-order chi connectivity index (χ1) is 9.31. The number of aliphatic hydroxyl groups excluding tert-OH is 1. The average Bonchev–Trinajstić information content (AvgIpc) is 2.67. The Morgan fingerprint density at radius 1 is 1.21 bits per heavy atom. The molecule has 1 aliphatic heterocycles. The smallest absolute Gasteiger partial charge is 0.161 e. The van der Waals surface area contributed by atoms with Gasteiger partial charge in [0.05, 0.1) is 13.2 Å². The molecule has 1 unspecified atom stereocenters. The molecule has 0 amide bonds. The van der Waals surface area contributed by atoms with Crippen LogP contribution in [0.1, 0.15) is 37.8 Å². The van der Waals surface area contributed by atoms with E-state index in [0.29, 0.717) is 0 Å². The molecule has 1 aromatic carbocycles. The highest BCUT2D eigenvalue weighted by Crippen LogP contribution is 2.32. The maximum Gasteiger partial charge on any atom is 0.161 e. The van der Waals surface area contributed by atoms with E-state index in [2.05, 4.69) is 24.4 Å². The number of fused-ring (bicyclic) bond motifs is 1. The van der Waals surface area contributed by atoms with Crippen LogP contribution in [-0.4, -0.2) is 31.5 Å². The molecule has 4 heteroatoms. The SMILES string of the molecule is CC(NCCCCO)c1ccc2c(c1)OCCCO2. The molecule has 2 N–H and O–H groups in total. The van der Waals surface area contributed by atoms with Crippen LogP contribution in [0.15, 0.2) is 18.2 Å². The molecule has 0 saturated heterocycles. The molecule has 106 valence electrons. The zero-order valence-corrected chi connectivity index (χ0v) is 11.5. The van der Waals surface area contributed by atoms with Gasteiger partial charge in [0.15, 0.2) is 11.5 Å². The van der Waals surface area contributed by atoms with Crippen LogP contribution in [0.25, 0.3) is 0 Å². The fraction of sp³-hybridized carbons (Fsp3) is 0.600. The van der Waals surface area contributed by atoms with E-state index in [0.717, 1.165) is 50.5 Å². The van der Waals surface area contributed by atoms with E-state index in [4.69, 9.17) is 14.6 Å². The van der Waals surface area contributed by atoms with Crippen molar-refractivity contribution in [2.75, 3.05) is 26.4 Å². The van der Waals surface area contributed by atoms with Crippen molar-refractivity contribution < 1.29 is 14.6 Å². The van der Waals surface area contributed by atoms with Gasteiger partial charge in [0.1, 0.15) is 0 Å². The summed E-state index contributed by atoms with van der Waals surface area (Å²) in [5.74, 6) is 1.69. The lowest BCUT2D eigenvalue weighted by Gasteiger charge is -2.16. The van der Waals surface area contributed by atoms with Crippen molar-refractivity contribution in [3.63, 3.8) is 0 Å². The third-order valence-electron chi connectivity index (χ3n) is 3.31. The minimum atomic E-state index is 0.264. The largest absolute Gasteiger partial charge is 0.490 e. The van der Waals surface area contributed by atoms with Crippen molar-refractivity contribution in [2.45, 2.75) is 32.2 Å². The van der Waals surface area contributed by atoms with E-state index >= 15 is 0 Å². The van der Waals surface area contributed by atoms with Gasteiger partial charge in [-0.2, -0.15) is 0 Å². The summed E-state index contributed by atoms with van der Waals surface area (Å²) in [4.78, 5) is 0. The lowest BCUT2D eigenvalue weighted by atomic mass is 10.1. The van der Waals surface area contributed by atoms with Crippen LogP contribution in [-0.2, 0) is 0 Å². The highest BCUT2D eigenvalue weighted by molar-refractivity contribution is 5.44. The van der Waals surface area contributed by atoms with E-state index in [1.807, 2.05) is 6.07 Å². The summed E-state index contributed by atoms with van der Waals surface area (Å²) in [6.45, 7) is 4.75. The number of unbranched alkanes of at least 4 members (excludes halogenated alkanes) is 1. The molecule has 0 aromatic heterocycles. The van der Waals surface area contributed by atoms with Crippen molar-refractivity contribution in [2.24, 2.45) is 0 Å².